The minimum atomic E-state index is -0.614. The maximum absolute atomic E-state index is 12.3. The molecule has 0 fully saturated rings. The van der Waals surface area contributed by atoms with Crippen LogP contribution in [0.25, 0.3) is 0 Å². The summed E-state index contributed by atoms with van der Waals surface area (Å²) < 4.78 is 15.7. The van der Waals surface area contributed by atoms with Gasteiger partial charge in [-0.3, -0.25) is 9.59 Å². The molecule has 0 saturated carbocycles. The van der Waals surface area contributed by atoms with Crippen LogP contribution in [0, 0.1) is 5.92 Å². The van der Waals surface area contributed by atoms with E-state index in [0.29, 0.717) is 25.0 Å². The molecule has 1 aliphatic rings. The van der Waals surface area contributed by atoms with Crippen molar-refractivity contribution in [1.29, 1.82) is 0 Å². The minimum Gasteiger partial charge on any atom is -0.561 e. The lowest BCUT2D eigenvalue weighted by atomic mass is 9.79. The molecule has 1 aliphatic heterocycles. The summed E-state index contributed by atoms with van der Waals surface area (Å²) >= 11 is 0. The second-order valence-corrected chi connectivity index (χ2v) is 6.23. The van der Waals surface area contributed by atoms with Crippen molar-refractivity contribution in [2.45, 2.75) is 46.0 Å². The molecule has 1 aromatic rings. The molecule has 1 atom stereocenters. The third-order valence-electron chi connectivity index (χ3n) is 4.33. The molecule has 26 heavy (non-hydrogen) atoms. The molecule has 7 nitrogen and oxygen atoms in total. The number of carbonyl (C=O) groups is 3. The molecule has 8 heteroatoms. The van der Waals surface area contributed by atoms with Gasteiger partial charge in [0.05, 0.1) is 5.92 Å². The van der Waals surface area contributed by atoms with Crippen molar-refractivity contribution < 1.29 is 28.5 Å². The van der Waals surface area contributed by atoms with Crippen LogP contribution in [0.4, 0.5) is 0 Å². The highest BCUT2D eigenvalue weighted by atomic mass is 16.7. The van der Waals surface area contributed by atoms with E-state index in [1.165, 1.54) is 6.92 Å². The Balaban J connectivity index is 1.96. The summed E-state index contributed by atoms with van der Waals surface area (Å²) in [5.74, 6) is -0.980. The molecule has 0 bridgehead atoms. The molecule has 1 unspecified atom stereocenters. The topological polar surface area (TPSA) is 90.9 Å². The van der Waals surface area contributed by atoms with Crippen LogP contribution in [0.2, 0.25) is 0 Å². The third-order valence-corrected chi connectivity index (χ3v) is 4.33. The standard InChI is InChI=1S/C18H24BNO6/c1-4-12(5-2)17(22)24-10-25-18(23)14-8-6-7-13-9-15(20-11(3)21)19-26-16(13)14/h6-8,12,15,19H,4-5,9-10H2,1-3H3,(H,20,21). The summed E-state index contributed by atoms with van der Waals surface area (Å²) in [4.78, 5) is 35.3. The summed E-state index contributed by atoms with van der Waals surface area (Å²) in [5.41, 5.74) is 1.10. The predicted octanol–water partition coefficient (Wildman–Crippen LogP) is 1.53. The minimum absolute atomic E-state index is 0.128. The van der Waals surface area contributed by atoms with E-state index in [1.54, 1.807) is 12.1 Å². The molecule has 0 aliphatic carbocycles. The highest BCUT2D eigenvalue weighted by Gasteiger charge is 2.27. The van der Waals surface area contributed by atoms with Gasteiger partial charge in [-0.15, -0.1) is 0 Å². The molecule has 1 heterocycles. The van der Waals surface area contributed by atoms with Crippen molar-refractivity contribution in [2.24, 2.45) is 5.92 Å². The zero-order valence-corrected chi connectivity index (χ0v) is 15.4. The lowest BCUT2D eigenvalue weighted by molar-refractivity contribution is -0.157. The van der Waals surface area contributed by atoms with Crippen LogP contribution >= 0.6 is 0 Å². The highest BCUT2D eigenvalue weighted by Crippen LogP contribution is 2.29. The van der Waals surface area contributed by atoms with E-state index in [4.69, 9.17) is 14.1 Å². The lowest BCUT2D eigenvalue weighted by Gasteiger charge is -2.26. The van der Waals surface area contributed by atoms with Gasteiger partial charge in [-0.05, 0) is 30.9 Å². The fourth-order valence-electron chi connectivity index (χ4n) is 2.92. The summed E-state index contributed by atoms with van der Waals surface area (Å²) in [6, 6.07) is 5.17. The van der Waals surface area contributed by atoms with Crippen molar-refractivity contribution in [3.8, 4) is 5.75 Å². The smallest absolute Gasteiger partial charge is 0.363 e. The lowest BCUT2D eigenvalue weighted by Crippen LogP contribution is -2.44. The maximum Gasteiger partial charge on any atom is 0.363 e. The highest BCUT2D eigenvalue weighted by molar-refractivity contribution is 6.32. The van der Waals surface area contributed by atoms with Gasteiger partial charge in [0.15, 0.2) is 0 Å². The zero-order valence-electron chi connectivity index (χ0n) is 15.4. The molecule has 1 N–H and O–H groups in total. The van der Waals surface area contributed by atoms with E-state index in [2.05, 4.69) is 5.32 Å². The van der Waals surface area contributed by atoms with Gasteiger partial charge in [0.2, 0.25) is 12.7 Å². The van der Waals surface area contributed by atoms with Crippen molar-refractivity contribution >= 4 is 25.3 Å². The SMILES string of the molecule is CCC(CC)C(=O)OCOC(=O)c1cccc2c1OBC(NC(C)=O)C2. The zero-order chi connectivity index (χ0) is 19.1. The number of esters is 2. The molecular formula is C18H24BNO6. The number of rotatable bonds is 7. The average molecular weight is 361 g/mol. The summed E-state index contributed by atoms with van der Waals surface area (Å²) in [7, 11) is 0.278. The van der Waals surface area contributed by atoms with Crippen LogP contribution in [0.3, 0.4) is 0 Å². The van der Waals surface area contributed by atoms with Gasteiger partial charge in [-0.25, -0.2) is 4.79 Å². The Kier molecular flexibility index (Phi) is 7.06. The van der Waals surface area contributed by atoms with Crippen LogP contribution in [-0.2, 0) is 25.5 Å². The van der Waals surface area contributed by atoms with Gasteiger partial charge in [0.1, 0.15) is 11.3 Å². The molecular weight excluding hydrogens is 337 g/mol. The van der Waals surface area contributed by atoms with E-state index in [1.807, 2.05) is 19.9 Å². The number of carbonyl (C=O) groups excluding carboxylic acids is 3. The Morgan fingerprint density at radius 1 is 1.27 bits per heavy atom. The third kappa shape index (κ3) is 5.00. The second-order valence-electron chi connectivity index (χ2n) is 6.23. The fourth-order valence-corrected chi connectivity index (χ4v) is 2.92. The van der Waals surface area contributed by atoms with Gasteiger partial charge >= 0.3 is 19.4 Å². The van der Waals surface area contributed by atoms with Crippen molar-refractivity contribution in [2.75, 3.05) is 6.79 Å². The molecule has 0 radical (unpaired) electrons. The molecule has 140 valence electrons. The van der Waals surface area contributed by atoms with Crippen LogP contribution in [-0.4, -0.2) is 38.1 Å². The Bertz CT molecular complexity index is 674. The average Bonchev–Trinajstić information content (AvgIpc) is 2.61. The Labute approximate surface area is 153 Å². The van der Waals surface area contributed by atoms with Crippen LogP contribution in [0.1, 0.15) is 49.5 Å². The number of fused-ring (bicyclic) bond motifs is 1. The Morgan fingerprint density at radius 3 is 2.65 bits per heavy atom. The van der Waals surface area contributed by atoms with Gasteiger partial charge in [0, 0.05) is 12.9 Å². The number of hydrogen-bond acceptors (Lipinski definition) is 6. The number of benzene rings is 1. The van der Waals surface area contributed by atoms with E-state index in [-0.39, 0.29) is 36.8 Å². The van der Waals surface area contributed by atoms with E-state index in [0.717, 1.165) is 5.56 Å². The van der Waals surface area contributed by atoms with Crippen LogP contribution in [0.5, 0.6) is 5.75 Å². The summed E-state index contributed by atoms with van der Waals surface area (Å²) in [6.07, 6.45) is 1.93. The number of para-hydroxylation sites is 1. The molecule has 1 aromatic carbocycles. The number of ether oxygens (including phenoxy) is 2. The van der Waals surface area contributed by atoms with Crippen molar-refractivity contribution in [3.05, 3.63) is 29.3 Å². The first-order valence-corrected chi connectivity index (χ1v) is 8.81. The molecule has 1 amide bonds. The summed E-state index contributed by atoms with van der Waals surface area (Å²) in [5, 5.41) is 2.80. The first-order chi connectivity index (χ1) is 12.5. The first kappa shape index (κ1) is 19.8. The molecule has 0 saturated heterocycles. The van der Waals surface area contributed by atoms with Crippen LogP contribution < -0.4 is 9.97 Å². The largest absolute Gasteiger partial charge is 0.561 e. The maximum atomic E-state index is 12.3. The first-order valence-electron chi connectivity index (χ1n) is 8.81. The Morgan fingerprint density at radius 2 is 2.00 bits per heavy atom. The van der Waals surface area contributed by atoms with Gasteiger partial charge in [0.25, 0.3) is 0 Å². The molecule has 2 rings (SSSR count). The fraction of sp³-hybridized carbons (Fsp3) is 0.500. The predicted molar refractivity (Wildman–Crippen MR) is 96.0 cm³/mol. The molecule has 0 aromatic heterocycles. The van der Waals surface area contributed by atoms with E-state index >= 15 is 0 Å². The number of amides is 1. The monoisotopic (exact) mass is 361 g/mol. The molecule has 0 spiro atoms. The van der Waals surface area contributed by atoms with Crippen molar-refractivity contribution in [1.82, 2.24) is 5.32 Å². The normalized spacial score (nSPS) is 15.3. The van der Waals surface area contributed by atoms with Gasteiger partial charge < -0.3 is 19.4 Å². The van der Waals surface area contributed by atoms with Gasteiger partial charge in [-0.2, -0.15) is 0 Å². The van der Waals surface area contributed by atoms with Crippen LogP contribution in [0.15, 0.2) is 18.2 Å². The quantitative estimate of drug-likeness (QED) is 0.450. The number of nitrogens with one attached hydrogen (secondary N) is 1. The summed E-state index contributed by atoms with van der Waals surface area (Å²) in [6.45, 7) is 4.84. The van der Waals surface area contributed by atoms with E-state index < -0.39 is 12.8 Å². The Hall–Kier alpha value is -2.51. The van der Waals surface area contributed by atoms with Crippen molar-refractivity contribution in [3.63, 3.8) is 0 Å². The van der Waals surface area contributed by atoms with Gasteiger partial charge in [-0.1, -0.05) is 26.0 Å². The number of hydrogen-bond donors (Lipinski definition) is 1. The van der Waals surface area contributed by atoms with E-state index in [9.17, 15) is 14.4 Å². The second kappa shape index (κ2) is 9.26.